The summed E-state index contributed by atoms with van der Waals surface area (Å²) >= 11 is 9.32. The molecule has 76 valence electrons. The first-order valence-electron chi connectivity index (χ1n) is 4.43. The molecular weight excluding hydrogens is 267 g/mol. The zero-order valence-electron chi connectivity index (χ0n) is 7.50. The van der Waals surface area contributed by atoms with Crippen molar-refractivity contribution in [2.24, 2.45) is 0 Å². The van der Waals surface area contributed by atoms with Crippen molar-refractivity contribution in [1.82, 2.24) is 0 Å². The number of ether oxygens (including phenoxy) is 2. The Morgan fingerprint density at radius 3 is 2.71 bits per heavy atom. The van der Waals surface area contributed by atoms with Crippen LogP contribution in [0.1, 0.15) is 5.56 Å². The molecule has 1 aliphatic rings. The molecule has 1 aliphatic heterocycles. The van der Waals surface area contributed by atoms with Crippen LogP contribution in [0.3, 0.4) is 0 Å². The minimum Gasteiger partial charge on any atom is -0.350 e. The lowest BCUT2D eigenvalue weighted by molar-refractivity contribution is -0.0399. The van der Waals surface area contributed by atoms with Gasteiger partial charge >= 0.3 is 0 Å². The number of rotatable bonds is 2. The molecule has 0 bridgehead atoms. The predicted molar refractivity (Wildman–Crippen MR) is 58.5 cm³/mol. The predicted octanol–water partition coefficient (Wildman–Crippen LogP) is 3.02. The number of halogens is 2. The maximum Gasteiger partial charge on any atom is 0.161 e. The third-order valence-electron chi connectivity index (χ3n) is 2.08. The molecule has 1 aromatic carbocycles. The molecule has 0 aromatic heterocycles. The average molecular weight is 278 g/mol. The minimum absolute atomic E-state index is 0.104. The highest BCUT2D eigenvalue weighted by atomic mass is 79.9. The SMILES string of the molecule is Clc1cc(CC2OCCO2)ccc1Br. The molecule has 1 saturated heterocycles. The molecule has 0 atom stereocenters. The fourth-order valence-corrected chi connectivity index (χ4v) is 1.83. The smallest absolute Gasteiger partial charge is 0.161 e. The number of hydrogen-bond donors (Lipinski definition) is 0. The Hall–Kier alpha value is -0.0900. The molecule has 0 spiro atoms. The highest BCUT2D eigenvalue weighted by Crippen LogP contribution is 2.24. The van der Waals surface area contributed by atoms with Crippen molar-refractivity contribution in [3.05, 3.63) is 33.3 Å². The Kier molecular flexibility index (Phi) is 3.44. The molecule has 0 aliphatic carbocycles. The van der Waals surface area contributed by atoms with Crippen molar-refractivity contribution < 1.29 is 9.47 Å². The van der Waals surface area contributed by atoms with Gasteiger partial charge < -0.3 is 9.47 Å². The highest BCUT2D eigenvalue weighted by molar-refractivity contribution is 9.10. The molecule has 0 amide bonds. The molecule has 4 heteroatoms. The molecule has 0 radical (unpaired) electrons. The fourth-order valence-electron chi connectivity index (χ4n) is 1.38. The van der Waals surface area contributed by atoms with Crippen LogP contribution in [0.4, 0.5) is 0 Å². The summed E-state index contributed by atoms with van der Waals surface area (Å²) in [6, 6.07) is 5.88. The van der Waals surface area contributed by atoms with Crippen molar-refractivity contribution in [2.45, 2.75) is 12.7 Å². The third-order valence-corrected chi connectivity index (χ3v) is 3.31. The molecule has 0 unspecified atom stereocenters. The lowest BCUT2D eigenvalue weighted by Gasteiger charge is -2.09. The Bertz CT molecular complexity index is 324. The summed E-state index contributed by atoms with van der Waals surface area (Å²) in [4.78, 5) is 0. The summed E-state index contributed by atoms with van der Waals surface area (Å²) in [5, 5.41) is 0.723. The van der Waals surface area contributed by atoms with Crippen LogP contribution in [0.15, 0.2) is 22.7 Å². The molecule has 0 saturated carbocycles. The van der Waals surface area contributed by atoms with Crippen LogP contribution in [-0.2, 0) is 15.9 Å². The lowest BCUT2D eigenvalue weighted by Crippen LogP contribution is -2.11. The van der Waals surface area contributed by atoms with Gasteiger partial charge in [-0.15, -0.1) is 0 Å². The van der Waals surface area contributed by atoms with Gasteiger partial charge in [-0.1, -0.05) is 17.7 Å². The Morgan fingerprint density at radius 1 is 1.36 bits per heavy atom. The van der Waals surface area contributed by atoms with Crippen LogP contribution < -0.4 is 0 Å². The number of hydrogen-bond acceptors (Lipinski definition) is 2. The van der Waals surface area contributed by atoms with Crippen LogP contribution in [0.25, 0.3) is 0 Å². The summed E-state index contributed by atoms with van der Waals surface area (Å²) < 4.78 is 11.6. The van der Waals surface area contributed by atoms with Crippen molar-refractivity contribution in [3.8, 4) is 0 Å². The van der Waals surface area contributed by atoms with E-state index >= 15 is 0 Å². The van der Waals surface area contributed by atoms with E-state index in [-0.39, 0.29) is 6.29 Å². The van der Waals surface area contributed by atoms with E-state index < -0.39 is 0 Å². The first kappa shape index (κ1) is 10.4. The van der Waals surface area contributed by atoms with Gasteiger partial charge in [0.2, 0.25) is 0 Å². The van der Waals surface area contributed by atoms with Crippen LogP contribution in [0, 0.1) is 0 Å². The second kappa shape index (κ2) is 4.62. The van der Waals surface area contributed by atoms with Gasteiger partial charge in [-0.3, -0.25) is 0 Å². The first-order chi connectivity index (χ1) is 6.75. The van der Waals surface area contributed by atoms with E-state index in [2.05, 4.69) is 15.9 Å². The second-order valence-electron chi connectivity index (χ2n) is 3.12. The van der Waals surface area contributed by atoms with Gasteiger partial charge in [-0.05, 0) is 33.6 Å². The standard InChI is InChI=1S/C10H10BrClO2/c11-8-2-1-7(5-9(8)12)6-10-13-3-4-14-10/h1-2,5,10H,3-4,6H2. The van der Waals surface area contributed by atoms with E-state index in [4.69, 9.17) is 21.1 Å². The van der Waals surface area contributed by atoms with E-state index in [0.717, 1.165) is 21.5 Å². The number of benzene rings is 1. The van der Waals surface area contributed by atoms with Crippen molar-refractivity contribution in [3.63, 3.8) is 0 Å². The largest absolute Gasteiger partial charge is 0.350 e. The lowest BCUT2D eigenvalue weighted by atomic mass is 10.1. The Balaban J connectivity index is 2.05. The molecule has 1 aromatic rings. The van der Waals surface area contributed by atoms with Gasteiger partial charge in [0.15, 0.2) is 6.29 Å². The quantitative estimate of drug-likeness (QED) is 0.827. The normalized spacial score (nSPS) is 17.6. The van der Waals surface area contributed by atoms with Gasteiger partial charge in [0, 0.05) is 10.9 Å². The summed E-state index contributed by atoms with van der Waals surface area (Å²) in [5.41, 5.74) is 1.13. The summed E-state index contributed by atoms with van der Waals surface area (Å²) in [5.74, 6) is 0. The second-order valence-corrected chi connectivity index (χ2v) is 4.39. The zero-order chi connectivity index (χ0) is 9.97. The van der Waals surface area contributed by atoms with Crippen molar-refractivity contribution in [2.75, 3.05) is 13.2 Å². The van der Waals surface area contributed by atoms with Crippen LogP contribution >= 0.6 is 27.5 Å². The summed E-state index contributed by atoms with van der Waals surface area (Å²) in [7, 11) is 0. The third kappa shape index (κ3) is 2.48. The maximum absolute atomic E-state index is 5.97. The van der Waals surface area contributed by atoms with Gasteiger partial charge in [0.1, 0.15) is 0 Å². The topological polar surface area (TPSA) is 18.5 Å². The molecule has 1 fully saturated rings. The van der Waals surface area contributed by atoms with Gasteiger partial charge in [-0.2, -0.15) is 0 Å². The molecule has 0 N–H and O–H groups in total. The van der Waals surface area contributed by atoms with Crippen LogP contribution in [0.5, 0.6) is 0 Å². The molecule has 1 heterocycles. The highest BCUT2D eigenvalue weighted by Gasteiger charge is 2.16. The van der Waals surface area contributed by atoms with E-state index in [0.29, 0.717) is 13.2 Å². The molecule has 2 rings (SSSR count). The molecule has 14 heavy (non-hydrogen) atoms. The average Bonchev–Trinajstić information content (AvgIpc) is 2.64. The molecule has 2 nitrogen and oxygen atoms in total. The Morgan fingerprint density at radius 2 is 2.07 bits per heavy atom. The van der Waals surface area contributed by atoms with Crippen LogP contribution in [-0.4, -0.2) is 19.5 Å². The van der Waals surface area contributed by atoms with Crippen molar-refractivity contribution >= 4 is 27.5 Å². The van der Waals surface area contributed by atoms with Gasteiger partial charge in [-0.25, -0.2) is 0 Å². The molecular formula is C10H10BrClO2. The van der Waals surface area contributed by atoms with E-state index in [1.54, 1.807) is 0 Å². The zero-order valence-corrected chi connectivity index (χ0v) is 9.85. The van der Waals surface area contributed by atoms with Gasteiger partial charge in [0.05, 0.1) is 18.2 Å². The van der Waals surface area contributed by atoms with E-state index in [1.165, 1.54) is 0 Å². The van der Waals surface area contributed by atoms with E-state index in [1.807, 2.05) is 18.2 Å². The van der Waals surface area contributed by atoms with E-state index in [9.17, 15) is 0 Å². The van der Waals surface area contributed by atoms with Crippen molar-refractivity contribution in [1.29, 1.82) is 0 Å². The summed E-state index contributed by atoms with van der Waals surface area (Å²) in [6.07, 6.45) is 0.653. The fraction of sp³-hybridized carbons (Fsp3) is 0.400. The van der Waals surface area contributed by atoms with Gasteiger partial charge in [0.25, 0.3) is 0 Å². The van der Waals surface area contributed by atoms with Crippen LogP contribution in [0.2, 0.25) is 5.02 Å². The first-order valence-corrected chi connectivity index (χ1v) is 5.60. The minimum atomic E-state index is -0.104. The Labute approximate surface area is 96.3 Å². The monoisotopic (exact) mass is 276 g/mol. The maximum atomic E-state index is 5.97. The summed E-state index contributed by atoms with van der Waals surface area (Å²) in [6.45, 7) is 1.38.